The van der Waals surface area contributed by atoms with Crippen molar-refractivity contribution in [1.82, 2.24) is 0 Å². The molecule has 0 fully saturated rings. The number of carboxylic acid groups (broad SMARTS) is 1. The van der Waals surface area contributed by atoms with Crippen molar-refractivity contribution in [3.05, 3.63) is 12.3 Å². The fourth-order valence-electron chi connectivity index (χ4n) is 0.127. The van der Waals surface area contributed by atoms with E-state index in [0.717, 1.165) is 6.26 Å². The first-order valence-corrected chi connectivity index (χ1v) is 1.74. The molecule has 0 radical (unpaired) electrons. The molecule has 0 N–H and O–H groups in total. The molecular weight excluding hydrogens is 112 g/mol. The number of carbonyl (C=O) groups is 2. The van der Waals surface area contributed by atoms with Gasteiger partial charge in [-0.2, -0.15) is 0 Å². The first kappa shape index (κ1) is 6.68. The summed E-state index contributed by atoms with van der Waals surface area (Å²) < 4.78 is 3.86. The number of hydrogen-bond acceptors (Lipinski definition) is 4. The SMILES string of the molecule is O=CO/C=C/C(=O)[O-]. The highest BCUT2D eigenvalue weighted by molar-refractivity contribution is 5.77. The predicted molar refractivity (Wildman–Crippen MR) is 21.3 cm³/mol. The number of rotatable bonds is 3. The van der Waals surface area contributed by atoms with Crippen LogP contribution in [0.15, 0.2) is 12.3 Å². The van der Waals surface area contributed by atoms with Crippen molar-refractivity contribution in [2.24, 2.45) is 0 Å². The minimum Gasteiger partial charge on any atom is -0.545 e. The Hall–Kier alpha value is -1.32. The summed E-state index contributed by atoms with van der Waals surface area (Å²) in [6, 6.07) is 0. The second kappa shape index (κ2) is 3.86. The Morgan fingerprint density at radius 1 is 1.62 bits per heavy atom. The zero-order valence-electron chi connectivity index (χ0n) is 3.87. The van der Waals surface area contributed by atoms with E-state index in [2.05, 4.69) is 4.74 Å². The average molecular weight is 115 g/mol. The maximum Gasteiger partial charge on any atom is 0.297 e. The second-order valence-electron chi connectivity index (χ2n) is 0.854. The standard InChI is InChI=1S/C4H4O4/c5-3-8-2-1-4(6)7/h1-3H,(H,6,7)/p-1/b2-1+. The fraction of sp³-hybridized carbons (Fsp3) is 0. The lowest BCUT2D eigenvalue weighted by atomic mass is 10.6. The zero-order chi connectivity index (χ0) is 6.41. The quantitative estimate of drug-likeness (QED) is 0.253. The van der Waals surface area contributed by atoms with Gasteiger partial charge < -0.3 is 14.6 Å². The number of ether oxygens (including phenoxy) is 1. The Bertz CT molecular complexity index is 115. The van der Waals surface area contributed by atoms with Crippen molar-refractivity contribution in [2.75, 3.05) is 0 Å². The van der Waals surface area contributed by atoms with Gasteiger partial charge >= 0.3 is 0 Å². The minimum absolute atomic E-state index is 0.111. The van der Waals surface area contributed by atoms with Crippen LogP contribution < -0.4 is 5.11 Å². The van der Waals surface area contributed by atoms with Crippen LogP contribution in [-0.2, 0) is 14.3 Å². The number of carbonyl (C=O) groups excluding carboxylic acids is 2. The highest BCUT2D eigenvalue weighted by Crippen LogP contribution is 1.68. The summed E-state index contributed by atoms with van der Waals surface area (Å²) in [6.07, 6.45) is 1.33. The van der Waals surface area contributed by atoms with Gasteiger partial charge in [-0.25, -0.2) is 0 Å². The van der Waals surface area contributed by atoms with Crippen LogP contribution in [0.1, 0.15) is 0 Å². The molecule has 0 aromatic rings. The van der Waals surface area contributed by atoms with Crippen molar-refractivity contribution in [1.29, 1.82) is 0 Å². The van der Waals surface area contributed by atoms with Crippen LogP contribution in [0.4, 0.5) is 0 Å². The van der Waals surface area contributed by atoms with Crippen molar-refractivity contribution in [3.63, 3.8) is 0 Å². The maximum absolute atomic E-state index is 9.48. The van der Waals surface area contributed by atoms with Crippen LogP contribution in [-0.4, -0.2) is 12.4 Å². The summed E-state index contributed by atoms with van der Waals surface area (Å²) in [7, 11) is 0. The molecule has 0 heterocycles. The summed E-state index contributed by atoms with van der Waals surface area (Å²) >= 11 is 0. The zero-order valence-corrected chi connectivity index (χ0v) is 3.87. The average Bonchev–Trinajstić information content (AvgIpc) is 1.66. The molecule has 0 aromatic carbocycles. The molecule has 0 atom stereocenters. The lowest BCUT2D eigenvalue weighted by molar-refractivity contribution is -0.297. The molecule has 0 aromatic heterocycles. The van der Waals surface area contributed by atoms with Gasteiger partial charge in [0.1, 0.15) is 0 Å². The Kier molecular flexibility index (Phi) is 3.22. The minimum atomic E-state index is -1.40. The van der Waals surface area contributed by atoms with Gasteiger partial charge in [-0.1, -0.05) is 0 Å². The van der Waals surface area contributed by atoms with Gasteiger partial charge in [0.05, 0.1) is 12.2 Å². The summed E-state index contributed by atoms with van der Waals surface area (Å²) in [5.74, 6) is -1.40. The van der Waals surface area contributed by atoms with Crippen molar-refractivity contribution in [3.8, 4) is 0 Å². The summed E-state index contributed by atoms with van der Waals surface area (Å²) in [5.41, 5.74) is 0. The molecule has 0 saturated heterocycles. The monoisotopic (exact) mass is 115 g/mol. The molecule has 0 spiro atoms. The molecule has 0 aliphatic heterocycles. The highest BCUT2D eigenvalue weighted by atomic mass is 16.5. The predicted octanol–water partition coefficient (Wildman–Crippen LogP) is -1.58. The van der Waals surface area contributed by atoms with Gasteiger partial charge in [-0.05, 0) is 6.08 Å². The van der Waals surface area contributed by atoms with E-state index in [4.69, 9.17) is 0 Å². The molecule has 0 rings (SSSR count). The maximum atomic E-state index is 9.48. The first-order valence-electron chi connectivity index (χ1n) is 1.74. The Labute approximate surface area is 45.4 Å². The van der Waals surface area contributed by atoms with Crippen LogP contribution in [0, 0.1) is 0 Å². The van der Waals surface area contributed by atoms with Gasteiger partial charge in [0.2, 0.25) is 0 Å². The number of aliphatic carboxylic acids is 1. The molecule has 0 bridgehead atoms. The van der Waals surface area contributed by atoms with Gasteiger partial charge in [0, 0.05) is 0 Å². The molecule has 0 aliphatic carbocycles. The second-order valence-corrected chi connectivity index (χ2v) is 0.854. The topological polar surface area (TPSA) is 66.4 Å². The molecule has 0 unspecified atom stereocenters. The molecule has 4 nitrogen and oxygen atoms in total. The first-order chi connectivity index (χ1) is 3.77. The number of hydrogen-bond donors (Lipinski definition) is 0. The molecule has 0 aliphatic rings. The van der Waals surface area contributed by atoms with Crippen LogP contribution >= 0.6 is 0 Å². The van der Waals surface area contributed by atoms with E-state index in [1.165, 1.54) is 0 Å². The Morgan fingerprint density at radius 3 is 2.62 bits per heavy atom. The van der Waals surface area contributed by atoms with E-state index in [0.29, 0.717) is 6.08 Å². The third-order valence-corrected chi connectivity index (χ3v) is 0.338. The number of carboxylic acids is 1. The van der Waals surface area contributed by atoms with Crippen molar-refractivity contribution in [2.45, 2.75) is 0 Å². The van der Waals surface area contributed by atoms with Crippen LogP contribution in [0.25, 0.3) is 0 Å². The summed E-state index contributed by atoms with van der Waals surface area (Å²) in [5, 5.41) is 9.48. The molecule has 44 valence electrons. The lowest BCUT2D eigenvalue weighted by Gasteiger charge is -1.86. The van der Waals surface area contributed by atoms with Crippen molar-refractivity contribution < 1.29 is 19.4 Å². The molecular formula is C4H3O4-. The largest absolute Gasteiger partial charge is 0.545 e. The third kappa shape index (κ3) is 4.68. The summed E-state index contributed by atoms with van der Waals surface area (Å²) in [4.78, 5) is 18.8. The smallest absolute Gasteiger partial charge is 0.297 e. The van der Waals surface area contributed by atoms with Crippen LogP contribution in [0.5, 0.6) is 0 Å². The highest BCUT2D eigenvalue weighted by Gasteiger charge is 1.69. The summed E-state index contributed by atoms with van der Waals surface area (Å²) in [6.45, 7) is 0.111. The normalized spacial score (nSPS) is 9.00. The van der Waals surface area contributed by atoms with Crippen LogP contribution in [0.2, 0.25) is 0 Å². The van der Waals surface area contributed by atoms with E-state index in [1.54, 1.807) is 0 Å². The molecule has 8 heavy (non-hydrogen) atoms. The fourth-order valence-corrected chi connectivity index (χ4v) is 0.127. The van der Waals surface area contributed by atoms with E-state index >= 15 is 0 Å². The van der Waals surface area contributed by atoms with Gasteiger partial charge in [0.15, 0.2) is 0 Å². The van der Waals surface area contributed by atoms with Crippen molar-refractivity contribution >= 4 is 12.4 Å². The molecule has 4 heteroatoms. The van der Waals surface area contributed by atoms with Gasteiger partial charge in [0.25, 0.3) is 6.47 Å². The van der Waals surface area contributed by atoms with Gasteiger partial charge in [-0.15, -0.1) is 0 Å². The van der Waals surface area contributed by atoms with E-state index in [9.17, 15) is 14.7 Å². The molecule has 0 saturated carbocycles. The van der Waals surface area contributed by atoms with E-state index in [1.807, 2.05) is 0 Å². The van der Waals surface area contributed by atoms with Gasteiger partial charge in [-0.3, -0.25) is 4.79 Å². The molecule has 0 amide bonds. The van der Waals surface area contributed by atoms with Crippen LogP contribution in [0.3, 0.4) is 0 Å². The third-order valence-electron chi connectivity index (χ3n) is 0.338. The Morgan fingerprint density at radius 2 is 2.25 bits per heavy atom. The lowest BCUT2D eigenvalue weighted by Crippen LogP contribution is -2.18. The van der Waals surface area contributed by atoms with E-state index < -0.39 is 5.97 Å². The Balaban J connectivity index is 3.34. The van der Waals surface area contributed by atoms with E-state index in [-0.39, 0.29) is 6.47 Å².